The van der Waals surface area contributed by atoms with E-state index >= 15 is 0 Å². The summed E-state index contributed by atoms with van der Waals surface area (Å²) in [7, 11) is -0.939. The first kappa shape index (κ1) is 21.3. The maximum absolute atomic E-state index is 12.0. The molecule has 0 saturated carbocycles. The van der Waals surface area contributed by atoms with Crippen molar-refractivity contribution in [1.29, 1.82) is 4.78 Å². The van der Waals surface area contributed by atoms with Crippen LogP contribution in [0, 0.1) is 4.78 Å². The predicted octanol–water partition coefficient (Wildman–Crippen LogP) is 2.43. The van der Waals surface area contributed by atoms with Gasteiger partial charge in [0.15, 0.2) is 0 Å². The molecule has 2 aromatic heterocycles. The molecule has 0 aliphatic rings. The van der Waals surface area contributed by atoms with E-state index in [0.717, 1.165) is 28.0 Å². The Balaban J connectivity index is 1.93. The molecule has 7 nitrogen and oxygen atoms in total. The molecule has 29 heavy (non-hydrogen) atoms. The van der Waals surface area contributed by atoms with Gasteiger partial charge >= 0.3 is 0 Å². The summed E-state index contributed by atoms with van der Waals surface area (Å²) in [4.78, 5) is 10.6. The standard InChI is InChI=1S/C19H24BN5O2S2/c1-3-12(11-26)23-18-14(16-5-4-8-28-16)10-22-19(25-18)24-13-6-7-17(15(20)9-13)29(2,21)27/h4-10,12,21,26H,3,11,20H2,1-2H3,(H2,22,23,24,25)/t12-,29?/m1/s1. The Bertz CT molecular complexity index is 1080. The number of anilines is 3. The van der Waals surface area contributed by atoms with Gasteiger partial charge in [-0.2, -0.15) is 4.98 Å². The van der Waals surface area contributed by atoms with Crippen molar-refractivity contribution in [3.05, 3.63) is 41.9 Å². The molecule has 2 heterocycles. The molecule has 10 heteroatoms. The molecule has 0 bridgehead atoms. The number of aliphatic hydroxyl groups is 1. The molecule has 2 atom stereocenters. The summed E-state index contributed by atoms with van der Waals surface area (Å²) in [5.41, 5.74) is 2.40. The minimum atomic E-state index is -2.77. The van der Waals surface area contributed by atoms with Crippen LogP contribution < -0.4 is 16.1 Å². The molecular weight excluding hydrogens is 405 g/mol. The summed E-state index contributed by atoms with van der Waals surface area (Å²) in [5, 5.41) is 18.0. The average molecular weight is 429 g/mol. The normalized spacial score (nSPS) is 14.2. The third-order valence-electron chi connectivity index (χ3n) is 4.48. The number of aliphatic hydroxyl groups excluding tert-OH is 1. The third kappa shape index (κ3) is 5.14. The van der Waals surface area contributed by atoms with Crippen LogP contribution in [0.25, 0.3) is 10.4 Å². The van der Waals surface area contributed by atoms with Gasteiger partial charge in [-0.25, -0.2) is 14.0 Å². The van der Waals surface area contributed by atoms with E-state index in [4.69, 9.17) is 4.78 Å². The van der Waals surface area contributed by atoms with E-state index in [2.05, 4.69) is 20.6 Å². The minimum absolute atomic E-state index is 0.0111. The summed E-state index contributed by atoms with van der Waals surface area (Å²) in [6.45, 7) is 2.01. The number of nitrogens with one attached hydrogen (secondary N) is 3. The largest absolute Gasteiger partial charge is 0.394 e. The molecule has 152 valence electrons. The Hall–Kier alpha value is -2.43. The van der Waals surface area contributed by atoms with E-state index in [1.54, 1.807) is 29.7 Å². The Kier molecular flexibility index (Phi) is 6.56. The molecule has 0 amide bonds. The summed E-state index contributed by atoms with van der Waals surface area (Å²) in [5.74, 6) is 1.07. The van der Waals surface area contributed by atoms with Crippen LogP contribution in [-0.2, 0) is 9.73 Å². The summed E-state index contributed by atoms with van der Waals surface area (Å²) >= 11 is 1.60. The lowest BCUT2D eigenvalue weighted by Crippen LogP contribution is -2.24. The Morgan fingerprint density at radius 2 is 2.17 bits per heavy atom. The van der Waals surface area contributed by atoms with Crippen LogP contribution in [0.2, 0.25) is 0 Å². The van der Waals surface area contributed by atoms with Crippen LogP contribution >= 0.6 is 11.3 Å². The number of hydrogen-bond acceptors (Lipinski definition) is 8. The fraction of sp³-hybridized carbons (Fsp3) is 0.263. The van der Waals surface area contributed by atoms with Gasteiger partial charge in [0.05, 0.1) is 27.9 Å². The third-order valence-corrected chi connectivity index (χ3v) is 6.68. The van der Waals surface area contributed by atoms with Crippen molar-refractivity contribution in [2.24, 2.45) is 0 Å². The van der Waals surface area contributed by atoms with Gasteiger partial charge in [-0.05, 0) is 36.1 Å². The van der Waals surface area contributed by atoms with Gasteiger partial charge in [0.1, 0.15) is 13.7 Å². The van der Waals surface area contributed by atoms with E-state index < -0.39 is 9.73 Å². The second-order valence-corrected chi connectivity index (χ2v) is 9.89. The molecule has 0 aliphatic heterocycles. The van der Waals surface area contributed by atoms with Crippen molar-refractivity contribution >= 4 is 51.8 Å². The summed E-state index contributed by atoms with van der Waals surface area (Å²) < 4.78 is 19.8. The Morgan fingerprint density at radius 1 is 1.38 bits per heavy atom. The van der Waals surface area contributed by atoms with E-state index in [-0.39, 0.29) is 12.6 Å². The zero-order valence-electron chi connectivity index (χ0n) is 16.6. The highest BCUT2D eigenvalue weighted by molar-refractivity contribution is 7.92. The molecule has 1 aromatic carbocycles. The van der Waals surface area contributed by atoms with Crippen LogP contribution in [0.1, 0.15) is 13.3 Å². The lowest BCUT2D eigenvalue weighted by molar-refractivity contribution is 0.271. The summed E-state index contributed by atoms with van der Waals surface area (Å²) in [6.07, 6.45) is 3.94. The second-order valence-electron chi connectivity index (χ2n) is 6.81. The van der Waals surface area contributed by atoms with Crippen molar-refractivity contribution in [2.45, 2.75) is 24.3 Å². The topological polar surface area (TPSA) is 111 Å². The first-order valence-corrected chi connectivity index (χ1v) is 12.1. The van der Waals surface area contributed by atoms with Gasteiger partial charge in [-0.15, -0.1) is 11.3 Å². The van der Waals surface area contributed by atoms with Crippen molar-refractivity contribution in [3.8, 4) is 10.4 Å². The van der Waals surface area contributed by atoms with Crippen molar-refractivity contribution < 1.29 is 9.32 Å². The molecule has 3 rings (SSSR count). The van der Waals surface area contributed by atoms with E-state index in [1.165, 1.54) is 6.26 Å². The predicted molar refractivity (Wildman–Crippen MR) is 123 cm³/mol. The van der Waals surface area contributed by atoms with Gasteiger partial charge in [0.25, 0.3) is 0 Å². The lowest BCUT2D eigenvalue weighted by Gasteiger charge is -2.18. The monoisotopic (exact) mass is 429 g/mol. The number of thiophene rings is 1. The molecule has 3 aromatic rings. The van der Waals surface area contributed by atoms with Crippen molar-refractivity contribution in [1.82, 2.24) is 9.97 Å². The van der Waals surface area contributed by atoms with Crippen LogP contribution in [0.5, 0.6) is 0 Å². The first-order chi connectivity index (χ1) is 13.8. The van der Waals surface area contributed by atoms with Crippen LogP contribution in [0.4, 0.5) is 17.5 Å². The maximum atomic E-state index is 12.0. The van der Waals surface area contributed by atoms with Crippen LogP contribution in [-0.4, -0.2) is 46.0 Å². The summed E-state index contributed by atoms with van der Waals surface area (Å²) in [6, 6.07) is 9.18. The first-order valence-electron chi connectivity index (χ1n) is 9.21. The zero-order chi connectivity index (χ0) is 21.0. The van der Waals surface area contributed by atoms with Crippen LogP contribution in [0.15, 0.2) is 46.8 Å². The fourth-order valence-electron chi connectivity index (χ4n) is 2.93. The number of hydrogen-bond donors (Lipinski definition) is 4. The molecule has 0 fully saturated rings. The second kappa shape index (κ2) is 8.94. The Labute approximate surface area is 176 Å². The lowest BCUT2D eigenvalue weighted by atomic mass is 9.96. The van der Waals surface area contributed by atoms with Crippen molar-refractivity contribution in [2.75, 3.05) is 23.5 Å². The number of aromatic nitrogens is 2. The quantitative estimate of drug-likeness (QED) is 0.410. The molecule has 0 aliphatic carbocycles. The van der Waals surface area contributed by atoms with Gasteiger partial charge in [-0.1, -0.05) is 18.5 Å². The molecule has 4 N–H and O–H groups in total. The van der Waals surface area contributed by atoms with Gasteiger partial charge < -0.3 is 15.7 Å². The molecular formula is C19H24BN5O2S2. The average Bonchev–Trinajstić information content (AvgIpc) is 3.19. The maximum Gasteiger partial charge on any atom is 0.229 e. The highest BCUT2D eigenvalue weighted by Crippen LogP contribution is 2.31. The van der Waals surface area contributed by atoms with Gasteiger partial charge in [0, 0.05) is 27.9 Å². The highest BCUT2D eigenvalue weighted by atomic mass is 32.2. The molecule has 0 spiro atoms. The van der Waals surface area contributed by atoms with E-state index in [1.807, 2.05) is 38.3 Å². The van der Waals surface area contributed by atoms with E-state index in [0.29, 0.717) is 16.7 Å². The van der Waals surface area contributed by atoms with Crippen molar-refractivity contribution in [3.63, 3.8) is 0 Å². The highest BCUT2D eigenvalue weighted by Gasteiger charge is 2.15. The molecule has 1 unspecified atom stereocenters. The van der Waals surface area contributed by atoms with Gasteiger partial charge in [0.2, 0.25) is 5.95 Å². The SMILES string of the molecule is Bc1cc(Nc2ncc(-c3cccs3)c(N[C@H](CC)CO)n2)ccc1S(C)(=N)=O. The number of benzene rings is 1. The Morgan fingerprint density at radius 3 is 2.76 bits per heavy atom. The van der Waals surface area contributed by atoms with Gasteiger partial charge in [-0.3, -0.25) is 0 Å². The molecule has 0 saturated heterocycles. The zero-order valence-corrected chi connectivity index (χ0v) is 18.2. The fourth-order valence-corrected chi connectivity index (χ4v) is 4.67. The molecule has 0 radical (unpaired) electrons. The van der Waals surface area contributed by atoms with Crippen LogP contribution in [0.3, 0.4) is 0 Å². The number of rotatable bonds is 8. The van der Waals surface area contributed by atoms with E-state index in [9.17, 15) is 9.32 Å². The minimum Gasteiger partial charge on any atom is -0.394 e. The smallest absolute Gasteiger partial charge is 0.229 e. The number of nitrogens with zero attached hydrogens (tertiary/aromatic N) is 2.